The first-order valence-electron chi connectivity index (χ1n) is 10.1. The van der Waals surface area contributed by atoms with Crippen LogP contribution in [0.2, 0.25) is 0 Å². The van der Waals surface area contributed by atoms with E-state index in [1.807, 2.05) is 54.6 Å². The molecule has 0 radical (unpaired) electrons. The normalized spacial score (nSPS) is 12.2. The number of nitrogens with zero attached hydrogens (tertiary/aromatic N) is 1. The second-order valence-corrected chi connectivity index (χ2v) is 7.80. The van der Waals surface area contributed by atoms with Gasteiger partial charge in [0, 0.05) is 13.5 Å². The Bertz CT molecular complexity index is 1170. The van der Waals surface area contributed by atoms with Crippen molar-refractivity contribution < 1.29 is 29.7 Å². The van der Waals surface area contributed by atoms with Crippen molar-refractivity contribution in [3.05, 3.63) is 72.3 Å². The lowest BCUT2D eigenvalue weighted by Crippen LogP contribution is -2.56. The summed E-state index contributed by atoms with van der Waals surface area (Å²) in [6, 6.07) is 19.2. The van der Waals surface area contributed by atoms with E-state index in [2.05, 4.69) is 5.32 Å². The Kier molecular flexibility index (Phi) is 6.95. The van der Waals surface area contributed by atoms with Gasteiger partial charge < -0.3 is 31.3 Å². The van der Waals surface area contributed by atoms with E-state index in [0.717, 1.165) is 26.8 Å². The van der Waals surface area contributed by atoms with E-state index in [-0.39, 0.29) is 6.42 Å². The average Bonchev–Trinajstić information content (AvgIpc) is 2.78. The van der Waals surface area contributed by atoms with Crippen molar-refractivity contribution >= 4 is 28.7 Å². The summed E-state index contributed by atoms with van der Waals surface area (Å²) >= 11 is 0. The summed E-state index contributed by atoms with van der Waals surface area (Å²) in [5.41, 5.74) is 7.57. The molecule has 3 rings (SSSR count). The van der Waals surface area contributed by atoms with Crippen LogP contribution >= 0.6 is 0 Å². The fourth-order valence-electron chi connectivity index (χ4n) is 3.47. The van der Waals surface area contributed by atoms with Gasteiger partial charge in [-0.25, -0.2) is 9.59 Å². The summed E-state index contributed by atoms with van der Waals surface area (Å²) in [5.74, 6) is -5.62. The average molecular weight is 451 g/mol. The highest BCUT2D eigenvalue weighted by Crippen LogP contribution is 2.28. The van der Waals surface area contributed by atoms with Gasteiger partial charge in [0.1, 0.15) is 6.04 Å². The maximum atomic E-state index is 12.3. The van der Waals surface area contributed by atoms with E-state index < -0.39 is 36.3 Å². The fourth-order valence-corrected chi connectivity index (χ4v) is 3.47. The van der Waals surface area contributed by atoms with Gasteiger partial charge in [-0.05, 0) is 27.5 Å². The third kappa shape index (κ3) is 5.65. The number of carboxylic acid groups (broad SMARTS) is 1. The van der Waals surface area contributed by atoms with Crippen LogP contribution in [0.15, 0.2) is 66.7 Å². The van der Waals surface area contributed by atoms with E-state index in [4.69, 9.17) is 5.73 Å². The van der Waals surface area contributed by atoms with Gasteiger partial charge in [-0.2, -0.15) is 0 Å². The minimum Gasteiger partial charge on any atom is -0.480 e. The SMILES string of the molecule is CN(CC(O)(O)C(N)=O)C(=O)NC(Cc1ccc(-c2cccc3ccccc23)cc1)C(=O)O. The molecule has 0 aliphatic rings. The highest BCUT2D eigenvalue weighted by Gasteiger charge is 2.34. The molecule has 0 fully saturated rings. The van der Waals surface area contributed by atoms with E-state index in [9.17, 15) is 29.7 Å². The van der Waals surface area contributed by atoms with Crippen LogP contribution in [0.25, 0.3) is 21.9 Å². The molecule has 0 spiro atoms. The second kappa shape index (κ2) is 9.68. The van der Waals surface area contributed by atoms with Gasteiger partial charge >= 0.3 is 12.0 Å². The number of nitrogens with two attached hydrogens (primary N) is 1. The number of benzene rings is 3. The number of carbonyl (C=O) groups is 3. The number of likely N-dealkylation sites (N-methyl/N-ethyl adjacent to an activating group) is 1. The summed E-state index contributed by atoms with van der Waals surface area (Å²) in [7, 11) is 1.18. The van der Waals surface area contributed by atoms with E-state index in [0.29, 0.717) is 5.56 Å². The number of nitrogens with one attached hydrogen (secondary N) is 1. The zero-order chi connectivity index (χ0) is 24.2. The van der Waals surface area contributed by atoms with Crippen molar-refractivity contribution in [2.45, 2.75) is 18.2 Å². The number of hydrogen-bond acceptors (Lipinski definition) is 5. The van der Waals surface area contributed by atoms with Crippen LogP contribution in [-0.2, 0) is 16.0 Å². The molecular formula is C24H25N3O6. The third-order valence-electron chi connectivity index (χ3n) is 5.29. The van der Waals surface area contributed by atoms with Crippen LogP contribution in [0.1, 0.15) is 5.56 Å². The van der Waals surface area contributed by atoms with Crippen LogP contribution in [0.5, 0.6) is 0 Å². The lowest BCUT2D eigenvalue weighted by atomic mass is 9.96. The lowest BCUT2D eigenvalue weighted by Gasteiger charge is -2.26. The van der Waals surface area contributed by atoms with Crippen LogP contribution in [-0.4, -0.2) is 63.5 Å². The topological polar surface area (TPSA) is 153 Å². The van der Waals surface area contributed by atoms with Gasteiger partial charge in [0.2, 0.25) is 0 Å². The molecule has 0 bridgehead atoms. The van der Waals surface area contributed by atoms with Crippen molar-refractivity contribution in [1.82, 2.24) is 10.2 Å². The molecule has 3 aromatic carbocycles. The number of carbonyl (C=O) groups excluding carboxylic acids is 2. The number of aliphatic carboxylic acids is 1. The van der Waals surface area contributed by atoms with Crippen molar-refractivity contribution in [3.63, 3.8) is 0 Å². The first kappa shape index (κ1) is 23.7. The maximum Gasteiger partial charge on any atom is 0.326 e. The highest BCUT2D eigenvalue weighted by atomic mass is 16.5. The van der Waals surface area contributed by atoms with Crippen molar-refractivity contribution in [2.24, 2.45) is 5.73 Å². The second-order valence-electron chi connectivity index (χ2n) is 7.80. The molecule has 0 heterocycles. The number of primary amides is 1. The molecule has 0 aromatic heterocycles. The predicted octanol–water partition coefficient (Wildman–Crippen LogP) is 1.31. The first-order chi connectivity index (χ1) is 15.6. The number of rotatable bonds is 8. The van der Waals surface area contributed by atoms with Crippen molar-refractivity contribution in [3.8, 4) is 11.1 Å². The van der Waals surface area contributed by atoms with Gasteiger partial charge in [0.15, 0.2) is 0 Å². The molecule has 9 nitrogen and oxygen atoms in total. The number of fused-ring (bicyclic) bond motifs is 1. The molecular weight excluding hydrogens is 426 g/mol. The molecule has 1 unspecified atom stereocenters. The lowest BCUT2D eigenvalue weighted by molar-refractivity contribution is -0.184. The largest absolute Gasteiger partial charge is 0.480 e. The molecule has 9 heteroatoms. The van der Waals surface area contributed by atoms with Gasteiger partial charge in [-0.1, -0.05) is 66.7 Å². The molecule has 0 saturated carbocycles. The van der Waals surface area contributed by atoms with Gasteiger partial charge in [-0.3, -0.25) is 4.79 Å². The molecule has 172 valence electrons. The molecule has 0 aliphatic heterocycles. The zero-order valence-electron chi connectivity index (χ0n) is 17.9. The number of amides is 3. The minimum absolute atomic E-state index is 0.00391. The van der Waals surface area contributed by atoms with Crippen LogP contribution in [0.4, 0.5) is 4.79 Å². The molecule has 6 N–H and O–H groups in total. The van der Waals surface area contributed by atoms with Crippen molar-refractivity contribution in [2.75, 3.05) is 13.6 Å². The Balaban J connectivity index is 1.72. The number of carboxylic acids is 1. The molecule has 0 saturated heterocycles. The predicted molar refractivity (Wildman–Crippen MR) is 122 cm³/mol. The molecule has 3 amide bonds. The Morgan fingerprint density at radius 3 is 2.27 bits per heavy atom. The highest BCUT2D eigenvalue weighted by molar-refractivity contribution is 5.96. The van der Waals surface area contributed by atoms with Crippen LogP contribution in [0.3, 0.4) is 0 Å². The number of hydrogen-bond donors (Lipinski definition) is 5. The Hall–Kier alpha value is -3.95. The summed E-state index contributed by atoms with van der Waals surface area (Å²) < 4.78 is 0. The molecule has 33 heavy (non-hydrogen) atoms. The minimum atomic E-state index is -2.93. The number of urea groups is 1. The molecule has 1 atom stereocenters. The number of aliphatic hydroxyl groups is 2. The maximum absolute atomic E-state index is 12.3. The van der Waals surface area contributed by atoms with Gasteiger partial charge in [0.25, 0.3) is 11.7 Å². The van der Waals surface area contributed by atoms with Gasteiger partial charge in [0.05, 0.1) is 6.54 Å². The summed E-state index contributed by atoms with van der Waals surface area (Å²) in [4.78, 5) is 35.8. The zero-order valence-corrected chi connectivity index (χ0v) is 17.9. The standard InChI is InChI=1S/C24H25N3O6/c1-27(14-24(32,33)22(25)30)23(31)26-20(21(28)29)13-15-9-11-17(12-10-15)19-8-4-6-16-5-2-3-7-18(16)19/h2-12,20,32-33H,13-14H2,1H3,(H2,25,30)(H,26,31)(H,28,29). The Morgan fingerprint density at radius 2 is 1.64 bits per heavy atom. The van der Waals surface area contributed by atoms with Crippen LogP contribution < -0.4 is 11.1 Å². The Labute approximate surface area is 190 Å². The van der Waals surface area contributed by atoms with Gasteiger partial charge in [-0.15, -0.1) is 0 Å². The first-order valence-corrected chi connectivity index (χ1v) is 10.1. The smallest absolute Gasteiger partial charge is 0.326 e. The fraction of sp³-hybridized carbons (Fsp3) is 0.208. The third-order valence-corrected chi connectivity index (χ3v) is 5.29. The summed E-state index contributed by atoms with van der Waals surface area (Å²) in [5, 5.41) is 33.1. The Morgan fingerprint density at radius 1 is 1.00 bits per heavy atom. The summed E-state index contributed by atoms with van der Waals surface area (Å²) in [6.07, 6.45) is 0.00391. The summed E-state index contributed by atoms with van der Waals surface area (Å²) in [6.45, 7) is -0.819. The van der Waals surface area contributed by atoms with Crippen molar-refractivity contribution in [1.29, 1.82) is 0 Å². The molecule has 0 aliphatic carbocycles. The quantitative estimate of drug-likeness (QED) is 0.326. The van der Waals surface area contributed by atoms with Crippen LogP contribution in [0, 0.1) is 0 Å². The monoisotopic (exact) mass is 451 g/mol. The molecule has 3 aromatic rings. The van der Waals surface area contributed by atoms with E-state index >= 15 is 0 Å². The van der Waals surface area contributed by atoms with E-state index in [1.54, 1.807) is 12.1 Å². The van der Waals surface area contributed by atoms with E-state index in [1.165, 1.54) is 7.05 Å².